The van der Waals surface area contributed by atoms with Gasteiger partial charge in [0.15, 0.2) is 0 Å². The highest BCUT2D eigenvalue weighted by Gasteiger charge is 2.16. The Hall–Kier alpha value is -1.75. The number of aryl methyl sites for hydroxylation is 1. The molecule has 1 heterocycles. The van der Waals surface area contributed by atoms with Gasteiger partial charge in [0.1, 0.15) is 0 Å². The lowest BCUT2D eigenvalue weighted by Gasteiger charge is -2.19. The van der Waals surface area contributed by atoms with Crippen LogP contribution in [-0.4, -0.2) is 24.2 Å². The number of aliphatic hydroxyl groups excluding tert-OH is 1. The van der Waals surface area contributed by atoms with Crippen LogP contribution >= 0.6 is 0 Å². The first-order chi connectivity index (χ1) is 9.70. The van der Waals surface area contributed by atoms with E-state index in [-0.39, 0.29) is 12.5 Å². The van der Waals surface area contributed by atoms with Crippen molar-refractivity contribution in [3.8, 4) is 0 Å². The predicted molar refractivity (Wildman–Crippen MR) is 81.8 cm³/mol. The number of amides is 1. The molecule has 0 radical (unpaired) electrons. The van der Waals surface area contributed by atoms with Crippen LogP contribution in [0.4, 0.5) is 17.1 Å². The summed E-state index contributed by atoms with van der Waals surface area (Å²) in [5.41, 5.74) is 9.63. The number of aliphatic hydroxyl groups is 1. The number of unbranched alkanes of at least 4 members (excludes halogenated alkanes) is 3. The number of fused-ring (bicyclic) bond motifs is 1. The summed E-state index contributed by atoms with van der Waals surface area (Å²) in [7, 11) is 0. The van der Waals surface area contributed by atoms with Crippen LogP contribution in [0.1, 0.15) is 37.7 Å². The number of anilines is 3. The summed E-state index contributed by atoms with van der Waals surface area (Å²) in [5, 5.41) is 14.9. The van der Waals surface area contributed by atoms with Gasteiger partial charge in [0.2, 0.25) is 5.91 Å². The summed E-state index contributed by atoms with van der Waals surface area (Å²) >= 11 is 0. The third-order valence-electron chi connectivity index (χ3n) is 3.57. The maximum Gasteiger partial charge on any atom is 0.224 e. The van der Waals surface area contributed by atoms with E-state index in [1.807, 2.05) is 12.1 Å². The molecule has 20 heavy (non-hydrogen) atoms. The third-order valence-corrected chi connectivity index (χ3v) is 3.57. The Morgan fingerprint density at radius 3 is 2.80 bits per heavy atom. The van der Waals surface area contributed by atoms with Gasteiger partial charge in [-0.3, -0.25) is 4.79 Å². The first-order valence-electron chi connectivity index (χ1n) is 7.27. The van der Waals surface area contributed by atoms with E-state index in [0.717, 1.165) is 61.3 Å². The zero-order valence-electron chi connectivity index (χ0n) is 11.7. The Balaban J connectivity index is 1.88. The number of carbonyl (C=O) groups excluding carboxylic acids is 1. The van der Waals surface area contributed by atoms with Gasteiger partial charge in [0.05, 0.1) is 11.4 Å². The summed E-state index contributed by atoms with van der Waals surface area (Å²) in [6, 6.07) is 3.87. The molecule has 5 nitrogen and oxygen atoms in total. The SMILES string of the molecule is Nc1cc2c(cc1NCCCCCCO)NC(=O)CC2. The Morgan fingerprint density at radius 2 is 2.00 bits per heavy atom. The van der Waals surface area contributed by atoms with E-state index >= 15 is 0 Å². The van der Waals surface area contributed by atoms with Crippen molar-refractivity contribution in [2.45, 2.75) is 38.5 Å². The molecule has 5 N–H and O–H groups in total. The van der Waals surface area contributed by atoms with E-state index in [4.69, 9.17) is 10.8 Å². The molecular weight excluding hydrogens is 254 g/mol. The lowest BCUT2D eigenvalue weighted by molar-refractivity contribution is -0.116. The second kappa shape index (κ2) is 7.14. The molecule has 1 aliphatic rings. The summed E-state index contributed by atoms with van der Waals surface area (Å²) in [6.45, 7) is 1.12. The fourth-order valence-electron chi connectivity index (χ4n) is 2.41. The molecule has 0 bridgehead atoms. The van der Waals surface area contributed by atoms with Crippen LogP contribution in [0, 0.1) is 0 Å². The van der Waals surface area contributed by atoms with Crippen molar-refractivity contribution < 1.29 is 9.90 Å². The molecule has 1 aromatic rings. The minimum Gasteiger partial charge on any atom is -0.397 e. The molecule has 5 heteroatoms. The molecule has 0 aliphatic carbocycles. The van der Waals surface area contributed by atoms with Crippen LogP contribution in [0.5, 0.6) is 0 Å². The van der Waals surface area contributed by atoms with Gasteiger partial charge >= 0.3 is 0 Å². The first kappa shape index (κ1) is 14.7. The molecule has 0 atom stereocenters. The van der Waals surface area contributed by atoms with Crippen LogP contribution in [0.15, 0.2) is 12.1 Å². The number of benzene rings is 1. The first-order valence-corrected chi connectivity index (χ1v) is 7.27. The average molecular weight is 277 g/mol. The summed E-state index contributed by atoms with van der Waals surface area (Å²) in [5.74, 6) is 0.0669. The van der Waals surface area contributed by atoms with Crippen molar-refractivity contribution >= 4 is 23.0 Å². The number of hydrogen-bond acceptors (Lipinski definition) is 4. The smallest absolute Gasteiger partial charge is 0.224 e. The van der Waals surface area contributed by atoms with Gasteiger partial charge in [0, 0.05) is 25.3 Å². The van der Waals surface area contributed by atoms with E-state index in [9.17, 15) is 4.79 Å². The monoisotopic (exact) mass is 277 g/mol. The lowest BCUT2D eigenvalue weighted by atomic mass is 10.0. The normalized spacial score (nSPS) is 13.8. The fourth-order valence-corrected chi connectivity index (χ4v) is 2.41. The number of carbonyl (C=O) groups is 1. The van der Waals surface area contributed by atoms with Gasteiger partial charge in [0.25, 0.3) is 0 Å². The molecule has 0 aromatic heterocycles. The van der Waals surface area contributed by atoms with E-state index in [2.05, 4.69) is 10.6 Å². The maximum atomic E-state index is 11.4. The van der Waals surface area contributed by atoms with Crippen molar-refractivity contribution in [3.05, 3.63) is 17.7 Å². The van der Waals surface area contributed by atoms with Gasteiger partial charge < -0.3 is 21.5 Å². The molecular formula is C15H23N3O2. The van der Waals surface area contributed by atoms with Gasteiger partial charge in [-0.25, -0.2) is 0 Å². The van der Waals surface area contributed by atoms with Crippen molar-refractivity contribution in [2.24, 2.45) is 0 Å². The quantitative estimate of drug-likeness (QED) is 0.454. The number of rotatable bonds is 7. The number of nitrogens with one attached hydrogen (secondary N) is 2. The van der Waals surface area contributed by atoms with Crippen molar-refractivity contribution in [3.63, 3.8) is 0 Å². The minimum atomic E-state index is 0.0669. The average Bonchev–Trinajstić information content (AvgIpc) is 2.43. The van der Waals surface area contributed by atoms with Gasteiger partial charge in [-0.1, -0.05) is 12.8 Å². The Morgan fingerprint density at radius 1 is 1.20 bits per heavy atom. The molecule has 0 saturated heterocycles. The molecule has 1 aromatic carbocycles. The van der Waals surface area contributed by atoms with Gasteiger partial charge in [-0.2, -0.15) is 0 Å². The van der Waals surface area contributed by atoms with Crippen molar-refractivity contribution in [1.29, 1.82) is 0 Å². The molecule has 0 fully saturated rings. The zero-order valence-corrected chi connectivity index (χ0v) is 11.7. The molecule has 1 aliphatic heterocycles. The molecule has 2 rings (SSSR count). The Kier molecular flexibility index (Phi) is 5.24. The zero-order chi connectivity index (χ0) is 14.4. The van der Waals surface area contributed by atoms with Crippen molar-refractivity contribution in [2.75, 3.05) is 29.5 Å². The minimum absolute atomic E-state index is 0.0669. The highest BCUT2D eigenvalue weighted by Crippen LogP contribution is 2.30. The van der Waals surface area contributed by atoms with Crippen LogP contribution in [0.25, 0.3) is 0 Å². The van der Waals surface area contributed by atoms with E-state index in [0.29, 0.717) is 6.42 Å². The molecule has 1 amide bonds. The predicted octanol–water partition coefficient (Wildman–Crippen LogP) is 2.12. The molecule has 0 spiro atoms. The standard InChI is InChI=1S/C15H23N3O2/c16-12-9-11-5-6-15(20)18-13(11)10-14(12)17-7-3-1-2-4-8-19/h9-10,17,19H,1-8,16H2,(H,18,20). The number of hydrogen-bond donors (Lipinski definition) is 4. The van der Waals surface area contributed by atoms with Crippen LogP contribution in [0.3, 0.4) is 0 Å². The molecule has 110 valence electrons. The summed E-state index contributed by atoms with van der Waals surface area (Å²) in [4.78, 5) is 11.4. The number of nitrogens with two attached hydrogens (primary N) is 1. The summed E-state index contributed by atoms with van der Waals surface area (Å²) < 4.78 is 0. The maximum absolute atomic E-state index is 11.4. The van der Waals surface area contributed by atoms with E-state index in [1.165, 1.54) is 0 Å². The van der Waals surface area contributed by atoms with Crippen LogP contribution < -0.4 is 16.4 Å². The Labute approximate surface area is 119 Å². The molecule has 0 unspecified atom stereocenters. The Bertz CT molecular complexity index is 474. The lowest BCUT2D eigenvalue weighted by Crippen LogP contribution is -2.19. The topological polar surface area (TPSA) is 87.4 Å². The highest BCUT2D eigenvalue weighted by atomic mass is 16.2. The van der Waals surface area contributed by atoms with Crippen LogP contribution in [-0.2, 0) is 11.2 Å². The fraction of sp³-hybridized carbons (Fsp3) is 0.533. The van der Waals surface area contributed by atoms with Crippen LogP contribution in [0.2, 0.25) is 0 Å². The highest BCUT2D eigenvalue weighted by molar-refractivity contribution is 5.95. The molecule has 0 saturated carbocycles. The van der Waals surface area contributed by atoms with Gasteiger partial charge in [-0.15, -0.1) is 0 Å². The third kappa shape index (κ3) is 3.87. The second-order valence-electron chi connectivity index (χ2n) is 5.21. The van der Waals surface area contributed by atoms with E-state index < -0.39 is 0 Å². The number of nitrogen functional groups attached to an aromatic ring is 1. The largest absolute Gasteiger partial charge is 0.397 e. The van der Waals surface area contributed by atoms with Gasteiger partial charge in [-0.05, 0) is 37.0 Å². The van der Waals surface area contributed by atoms with E-state index in [1.54, 1.807) is 0 Å². The van der Waals surface area contributed by atoms with Crippen molar-refractivity contribution in [1.82, 2.24) is 0 Å². The summed E-state index contributed by atoms with van der Waals surface area (Å²) in [6.07, 6.45) is 5.34. The second-order valence-corrected chi connectivity index (χ2v) is 5.21.